The van der Waals surface area contributed by atoms with Gasteiger partial charge in [-0.1, -0.05) is 88.2 Å². The molecule has 0 saturated heterocycles. The first kappa shape index (κ1) is 31.6. The lowest BCUT2D eigenvalue weighted by Crippen LogP contribution is -2.56. The molecule has 2 N–H and O–H groups in total. The number of rotatable bonds is 10. The molecule has 4 aromatic rings. The molecule has 0 spiro atoms. The number of carbonyl (C=O) groups excluding carboxylic acids is 2. The summed E-state index contributed by atoms with van der Waals surface area (Å²) in [5.41, 5.74) is 3.12. The summed E-state index contributed by atoms with van der Waals surface area (Å²) in [6.07, 6.45) is 4.68. The van der Waals surface area contributed by atoms with Crippen molar-refractivity contribution in [2.24, 2.45) is 5.41 Å². The van der Waals surface area contributed by atoms with Crippen LogP contribution >= 0.6 is 0 Å². The van der Waals surface area contributed by atoms with E-state index in [9.17, 15) is 14.9 Å². The number of hydrogen-bond donors (Lipinski definition) is 2. The largest absolute Gasteiger partial charge is 0.489 e. The summed E-state index contributed by atoms with van der Waals surface area (Å²) in [7, 11) is 1.37. The smallest absolute Gasteiger partial charge is 0.338 e. The Balaban J connectivity index is 1.30. The summed E-state index contributed by atoms with van der Waals surface area (Å²) in [5, 5.41) is 18.4. The topological polar surface area (TPSA) is 100 Å². The second-order valence-electron chi connectivity index (χ2n) is 13.0. The van der Waals surface area contributed by atoms with Gasteiger partial charge in [-0.05, 0) is 60.6 Å². The van der Waals surface area contributed by atoms with Crippen molar-refractivity contribution in [3.63, 3.8) is 0 Å². The Labute approximate surface area is 265 Å². The van der Waals surface area contributed by atoms with Gasteiger partial charge in [-0.3, -0.25) is 4.79 Å². The molecule has 1 aliphatic carbocycles. The second-order valence-corrected chi connectivity index (χ2v) is 13.0. The zero-order valence-electron chi connectivity index (χ0n) is 26.5. The van der Waals surface area contributed by atoms with Crippen molar-refractivity contribution in [3.8, 4) is 11.8 Å². The fraction of sp³-hybridized carbons (Fsp3) is 0.342. The number of esters is 1. The fourth-order valence-corrected chi connectivity index (χ4v) is 6.30. The number of amides is 1. The maximum Gasteiger partial charge on any atom is 0.338 e. The standard InChI is InChI=1S/C38H41N3O4/c1-37(2,3)34(40-33-20-17-27(24-39)30-12-7-8-14-32(30)33)35(42)41-38(21-9-10-22-38)23-26-15-18-29(19-16-26)45-25-28-11-5-6-13-31(28)36(43)44-4/h5-8,11-20,34,40H,9-10,21-23,25H2,1-4H3,(H,41,42)/t34-/m0/s1. The van der Waals surface area contributed by atoms with Crippen molar-refractivity contribution >= 4 is 28.3 Å². The van der Waals surface area contributed by atoms with E-state index in [-0.39, 0.29) is 29.4 Å². The van der Waals surface area contributed by atoms with Crippen LogP contribution in [0.4, 0.5) is 5.69 Å². The van der Waals surface area contributed by atoms with Gasteiger partial charge in [0.15, 0.2) is 0 Å². The first-order chi connectivity index (χ1) is 21.6. The molecule has 4 aromatic carbocycles. The van der Waals surface area contributed by atoms with Gasteiger partial charge >= 0.3 is 5.97 Å². The first-order valence-electron chi connectivity index (χ1n) is 15.5. The Hall–Kier alpha value is -4.83. The van der Waals surface area contributed by atoms with Crippen LogP contribution in [0.3, 0.4) is 0 Å². The summed E-state index contributed by atoms with van der Waals surface area (Å²) in [6.45, 7) is 6.46. The van der Waals surface area contributed by atoms with E-state index >= 15 is 0 Å². The molecule has 0 heterocycles. The summed E-state index contributed by atoms with van der Waals surface area (Å²) >= 11 is 0. The van der Waals surface area contributed by atoms with E-state index in [0.29, 0.717) is 16.9 Å². The second kappa shape index (κ2) is 13.4. The number of carbonyl (C=O) groups is 2. The zero-order valence-corrected chi connectivity index (χ0v) is 26.5. The maximum atomic E-state index is 14.1. The summed E-state index contributed by atoms with van der Waals surface area (Å²) in [5.74, 6) is 0.291. The molecule has 1 saturated carbocycles. The predicted octanol–water partition coefficient (Wildman–Crippen LogP) is 7.58. The van der Waals surface area contributed by atoms with Crippen LogP contribution in [0, 0.1) is 16.7 Å². The lowest BCUT2D eigenvalue weighted by molar-refractivity contribution is -0.125. The first-order valence-corrected chi connectivity index (χ1v) is 15.5. The van der Waals surface area contributed by atoms with Crippen LogP contribution in [0.5, 0.6) is 5.75 Å². The predicted molar refractivity (Wildman–Crippen MR) is 177 cm³/mol. The molecular formula is C38H41N3O4. The number of ether oxygens (including phenoxy) is 2. The summed E-state index contributed by atoms with van der Waals surface area (Å²) < 4.78 is 10.9. The average Bonchev–Trinajstić information content (AvgIpc) is 3.49. The highest BCUT2D eigenvalue weighted by atomic mass is 16.5. The molecule has 1 amide bonds. The highest BCUT2D eigenvalue weighted by molar-refractivity contribution is 5.99. The van der Waals surface area contributed by atoms with Crippen LogP contribution in [-0.2, 0) is 22.6 Å². The number of benzene rings is 4. The van der Waals surface area contributed by atoms with E-state index in [0.717, 1.165) is 59.7 Å². The number of nitriles is 1. The van der Waals surface area contributed by atoms with E-state index in [1.54, 1.807) is 12.1 Å². The number of nitrogens with one attached hydrogen (secondary N) is 2. The molecule has 0 unspecified atom stereocenters. The molecule has 1 aliphatic rings. The Kier molecular flexibility index (Phi) is 9.43. The molecule has 0 aromatic heterocycles. The van der Waals surface area contributed by atoms with E-state index in [1.165, 1.54) is 7.11 Å². The molecule has 7 heteroatoms. The minimum Gasteiger partial charge on any atom is -0.489 e. The van der Waals surface area contributed by atoms with Crippen molar-refractivity contribution in [2.75, 3.05) is 12.4 Å². The molecule has 7 nitrogen and oxygen atoms in total. The maximum absolute atomic E-state index is 14.1. The van der Waals surface area contributed by atoms with E-state index in [4.69, 9.17) is 9.47 Å². The lowest BCUT2D eigenvalue weighted by atomic mass is 9.83. The molecule has 232 valence electrons. The van der Waals surface area contributed by atoms with Crippen LogP contribution in [0.1, 0.15) is 73.5 Å². The van der Waals surface area contributed by atoms with Gasteiger partial charge in [-0.2, -0.15) is 5.26 Å². The van der Waals surface area contributed by atoms with Gasteiger partial charge in [-0.15, -0.1) is 0 Å². The van der Waals surface area contributed by atoms with Crippen molar-refractivity contribution < 1.29 is 19.1 Å². The van der Waals surface area contributed by atoms with Crippen LogP contribution < -0.4 is 15.4 Å². The number of fused-ring (bicyclic) bond motifs is 1. The normalized spacial score (nSPS) is 14.7. The Bertz CT molecular complexity index is 1710. The van der Waals surface area contributed by atoms with Crippen molar-refractivity contribution in [1.29, 1.82) is 5.26 Å². The summed E-state index contributed by atoms with van der Waals surface area (Å²) in [4.78, 5) is 26.2. The summed E-state index contributed by atoms with van der Waals surface area (Å²) in [6, 6.07) is 28.5. The van der Waals surface area contributed by atoms with Crippen LogP contribution in [0.25, 0.3) is 10.8 Å². The van der Waals surface area contributed by atoms with Crippen molar-refractivity contribution in [3.05, 3.63) is 107 Å². The van der Waals surface area contributed by atoms with Crippen LogP contribution in [-0.4, -0.2) is 30.6 Å². The number of methoxy groups -OCH3 is 1. The number of anilines is 1. The van der Waals surface area contributed by atoms with E-state index in [2.05, 4.69) is 49.6 Å². The highest BCUT2D eigenvalue weighted by Crippen LogP contribution is 2.35. The average molecular weight is 604 g/mol. The molecule has 5 rings (SSSR count). The SMILES string of the molecule is COC(=O)c1ccccc1COc1ccc(CC2(NC(=O)[C@H](Nc3ccc(C#N)c4ccccc34)C(C)(C)C)CCCC2)cc1. The van der Waals surface area contributed by atoms with E-state index < -0.39 is 6.04 Å². The monoisotopic (exact) mass is 603 g/mol. The van der Waals surface area contributed by atoms with Crippen LogP contribution in [0.2, 0.25) is 0 Å². The van der Waals surface area contributed by atoms with Gasteiger partial charge in [0.1, 0.15) is 18.4 Å². The van der Waals surface area contributed by atoms with Gasteiger partial charge in [0.05, 0.1) is 24.3 Å². The Morgan fingerprint density at radius 2 is 1.58 bits per heavy atom. The number of hydrogen-bond acceptors (Lipinski definition) is 6. The molecular weight excluding hydrogens is 562 g/mol. The van der Waals surface area contributed by atoms with Gasteiger partial charge in [0.2, 0.25) is 5.91 Å². The number of nitrogens with zero attached hydrogens (tertiary/aromatic N) is 1. The van der Waals surface area contributed by atoms with Gasteiger partial charge in [0, 0.05) is 27.6 Å². The highest BCUT2D eigenvalue weighted by Gasteiger charge is 2.40. The molecule has 0 bridgehead atoms. The Morgan fingerprint density at radius 3 is 2.24 bits per heavy atom. The fourth-order valence-electron chi connectivity index (χ4n) is 6.30. The molecule has 1 fully saturated rings. The lowest BCUT2D eigenvalue weighted by Gasteiger charge is -2.37. The van der Waals surface area contributed by atoms with Crippen molar-refractivity contribution in [2.45, 2.75) is 71.1 Å². The van der Waals surface area contributed by atoms with Gasteiger partial charge < -0.3 is 20.1 Å². The third-order valence-corrected chi connectivity index (χ3v) is 8.70. The van der Waals surface area contributed by atoms with Crippen LogP contribution in [0.15, 0.2) is 84.9 Å². The molecule has 45 heavy (non-hydrogen) atoms. The molecule has 1 atom stereocenters. The van der Waals surface area contributed by atoms with Crippen molar-refractivity contribution in [1.82, 2.24) is 5.32 Å². The molecule has 0 aliphatic heterocycles. The zero-order chi connectivity index (χ0) is 32.0. The van der Waals surface area contributed by atoms with Gasteiger partial charge in [-0.25, -0.2) is 4.79 Å². The molecule has 0 radical (unpaired) electrons. The minimum absolute atomic E-state index is 0.0259. The third kappa shape index (κ3) is 7.29. The van der Waals surface area contributed by atoms with Gasteiger partial charge in [0.25, 0.3) is 0 Å². The Morgan fingerprint density at radius 1 is 0.911 bits per heavy atom. The van der Waals surface area contributed by atoms with E-state index in [1.807, 2.05) is 60.7 Å². The third-order valence-electron chi connectivity index (χ3n) is 8.70. The minimum atomic E-state index is -0.491. The quantitative estimate of drug-likeness (QED) is 0.181.